The van der Waals surface area contributed by atoms with Crippen LogP contribution < -0.4 is 0 Å². The van der Waals surface area contributed by atoms with E-state index in [1.54, 1.807) is 0 Å². The van der Waals surface area contributed by atoms with Crippen LogP contribution in [0.4, 0.5) is 0 Å². The van der Waals surface area contributed by atoms with Crippen molar-refractivity contribution in [1.29, 1.82) is 5.26 Å². The van der Waals surface area contributed by atoms with Crippen molar-refractivity contribution in [3.63, 3.8) is 0 Å². The molecule has 0 spiro atoms. The summed E-state index contributed by atoms with van der Waals surface area (Å²) in [4.78, 5) is 14.6. The maximum absolute atomic E-state index is 9.96. The third kappa shape index (κ3) is 4.11. The highest BCUT2D eigenvalue weighted by Crippen LogP contribution is 2.53. The number of nitriles is 1. The predicted octanol–water partition coefficient (Wildman–Crippen LogP) is 8.72. The highest BCUT2D eigenvalue weighted by molar-refractivity contribution is 5.95. The van der Waals surface area contributed by atoms with Gasteiger partial charge >= 0.3 is 0 Å². The van der Waals surface area contributed by atoms with E-state index in [4.69, 9.17) is 15.0 Å². The second kappa shape index (κ2) is 9.66. The van der Waals surface area contributed by atoms with Crippen LogP contribution in [0.15, 0.2) is 121 Å². The van der Waals surface area contributed by atoms with E-state index in [0.29, 0.717) is 23.0 Å². The molecule has 0 saturated heterocycles. The fraction of sp³-hybridized carbons (Fsp3) is 0.0811. The topological polar surface area (TPSA) is 62.5 Å². The van der Waals surface area contributed by atoms with Crippen molar-refractivity contribution in [3.8, 4) is 62.5 Å². The molecule has 0 fully saturated rings. The SMILES string of the molecule is CC1(C)c2cccc(C#N)c2-c2c(-c3ccc(-c4nc(-c5ccccc5)nc(-c5ccccc5)n4)cc3)cccc21. The number of nitrogens with zero attached hydrogens (tertiary/aromatic N) is 4. The Hall–Kier alpha value is -5.40. The standard InChI is InChI=1S/C37H26N4/c1-37(2)30-17-9-15-28(23-38)32(30)33-29(16-10-18-31(33)37)24-19-21-27(22-20-24)36-40-34(25-11-5-3-6-12-25)39-35(41-36)26-13-7-4-8-14-26/h3-22H,1-2H3. The quantitative estimate of drug-likeness (QED) is 0.230. The van der Waals surface area contributed by atoms with Crippen molar-refractivity contribution in [2.45, 2.75) is 19.3 Å². The van der Waals surface area contributed by atoms with Gasteiger partial charge < -0.3 is 0 Å². The molecular weight excluding hydrogens is 500 g/mol. The molecule has 0 saturated carbocycles. The van der Waals surface area contributed by atoms with Gasteiger partial charge in [-0.3, -0.25) is 0 Å². The van der Waals surface area contributed by atoms with Crippen LogP contribution in [0.1, 0.15) is 30.5 Å². The van der Waals surface area contributed by atoms with Crippen molar-refractivity contribution in [1.82, 2.24) is 15.0 Å². The minimum atomic E-state index is -0.181. The summed E-state index contributed by atoms with van der Waals surface area (Å²) < 4.78 is 0. The van der Waals surface area contributed by atoms with Gasteiger partial charge in [-0.2, -0.15) is 5.26 Å². The lowest BCUT2D eigenvalue weighted by molar-refractivity contribution is 0.660. The third-order valence-electron chi connectivity index (χ3n) is 8.00. The molecule has 7 rings (SSSR count). The van der Waals surface area contributed by atoms with Gasteiger partial charge in [-0.15, -0.1) is 0 Å². The molecule has 0 radical (unpaired) electrons. The molecule has 5 aromatic carbocycles. The Kier molecular flexibility index (Phi) is 5.80. The average Bonchev–Trinajstić information content (AvgIpc) is 3.28. The molecule has 0 N–H and O–H groups in total. The molecule has 0 amide bonds. The summed E-state index contributed by atoms with van der Waals surface area (Å²) in [7, 11) is 0. The van der Waals surface area contributed by atoms with Gasteiger partial charge in [0.15, 0.2) is 17.5 Å². The van der Waals surface area contributed by atoms with Gasteiger partial charge in [0.05, 0.1) is 11.6 Å². The Morgan fingerprint density at radius 3 is 1.49 bits per heavy atom. The minimum absolute atomic E-state index is 0.181. The third-order valence-corrected chi connectivity index (χ3v) is 8.00. The summed E-state index contributed by atoms with van der Waals surface area (Å²) in [5, 5.41) is 9.96. The Labute approximate surface area is 239 Å². The van der Waals surface area contributed by atoms with E-state index < -0.39 is 0 Å². The van der Waals surface area contributed by atoms with Crippen LogP contribution in [-0.2, 0) is 5.41 Å². The summed E-state index contributed by atoms with van der Waals surface area (Å²) in [5.41, 5.74) is 10.2. The van der Waals surface area contributed by atoms with Crippen LogP contribution in [0.3, 0.4) is 0 Å². The van der Waals surface area contributed by atoms with Crippen LogP contribution >= 0.6 is 0 Å². The zero-order valence-electron chi connectivity index (χ0n) is 22.8. The highest BCUT2D eigenvalue weighted by atomic mass is 15.0. The molecule has 4 nitrogen and oxygen atoms in total. The van der Waals surface area contributed by atoms with Crippen LogP contribution in [-0.4, -0.2) is 15.0 Å². The zero-order chi connectivity index (χ0) is 28.0. The summed E-state index contributed by atoms with van der Waals surface area (Å²) in [6.07, 6.45) is 0. The van der Waals surface area contributed by atoms with E-state index in [2.05, 4.69) is 68.4 Å². The van der Waals surface area contributed by atoms with Crippen molar-refractivity contribution in [2.75, 3.05) is 0 Å². The highest BCUT2D eigenvalue weighted by Gasteiger charge is 2.38. The molecule has 1 aromatic heterocycles. The van der Waals surface area contributed by atoms with E-state index in [0.717, 1.165) is 38.9 Å². The van der Waals surface area contributed by atoms with Crippen molar-refractivity contribution in [2.24, 2.45) is 0 Å². The number of aromatic nitrogens is 3. The first-order valence-electron chi connectivity index (χ1n) is 13.7. The Bertz CT molecular complexity index is 1890. The number of hydrogen-bond donors (Lipinski definition) is 0. The Morgan fingerprint density at radius 2 is 0.951 bits per heavy atom. The maximum atomic E-state index is 9.96. The zero-order valence-corrected chi connectivity index (χ0v) is 22.8. The first-order chi connectivity index (χ1) is 20.0. The number of rotatable bonds is 4. The number of hydrogen-bond acceptors (Lipinski definition) is 4. The molecule has 0 unspecified atom stereocenters. The lowest BCUT2D eigenvalue weighted by Gasteiger charge is -2.21. The van der Waals surface area contributed by atoms with Gasteiger partial charge in [-0.1, -0.05) is 129 Å². The van der Waals surface area contributed by atoms with Crippen LogP contribution in [0.25, 0.3) is 56.4 Å². The average molecular weight is 527 g/mol. The van der Waals surface area contributed by atoms with Gasteiger partial charge in [0.25, 0.3) is 0 Å². The van der Waals surface area contributed by atoms with Gasteiger partial charge in [-0.25, -0.2) is 15.0 Å². The molecule has 194 valence electrons. The second-order valence-electron chi connectivity index (χ2n) is 10.8. The summed E-state index contributed by atoms with van der Waals surface area (Å²) in [6.45, 7) is 4.47. The fourth-order valence-electron chi connectivity index (χ4n) is 5.90. The Balaban J connectivity index is 1.35. The predicted molar refractivity (Wildman–Crippen MR) is 164 cm³/mol. The second-order valence-corrected chi connectivity index (χ2v) is 10.8. The fourth-order valence-corrected chi connectivity index (χ4v) is 5.90. The first kappa shape index (κ1) is 24.6. The molecule has 0 aliphatic heterocycles. The van der Waals surface area contributed by atoms with Crippen LogP contribution in [0.2, 0.25) is 0 Å². The maximum Gasteiger partial charge on any atom is 0.164 e. The van der Waals surface area contributed by atoms with Crippen LogP contribution in [0.5, 0.6) is 0 Å². The summed E-state index contributed by atoms with van der Waals surface area (Å²) >= 11 is 0. The smallest absolute Gasteiger partial charge is 0.164 e. The van der Waals surface area contributed by atoms with Gasteiger partial charge in [0.1, 0.15) is 0 Å². The largest absolute Gasteiger partial charge is 0.208 e. The minimum Gasteiger partial charge on any atom is -0.208 e. The molecular formula is C37H26N4. The summed E-state index contributed by atoms with van der Waals surface area (Å²) in [5.74, 6) is 1.91. The molecule has 1 aliphatic carbocycles. The first-order valence-corrected chi connectivity index (χ1v) is 13.7. The van der Waals surface area contributed by atoms with E-state index in [-0.39, 0.29) is 5.41 Å². The Morgan fingerprint density at radius 1 is 0.488 bits per heavy atom. The van der Waals surface area contributed by atoms with E-state index in [1.165, 1.54) is 11.1 Å². The normalized spacial score (nSPS) is 12.8. The van der Waals surface area contributed by atoms with Gasteiger partial charge in [0.2, 0.25) is 0 Å². The van der Waals surface area contributed by atoms with Crippen molar-refractivity contribution >= 4 is 0 Å². The van der Waals surface area contributed by atoms with Crippen molar-refractivity contribution in [3.05, 3.63) is 138 Å². The van der Waals surface area contributed by atoms with Gasteiger partial charge in [-0.05, 0) is 33.9 Å². The van der Waals surface area contributed by atoms with E-state index in [9.17, 15) is 5.26 Å². The molecule has 1 heterocycles. The summed E-state index contributed by atoms with van der Waals surface area (Å²) in [6, 6.07) is 43.3. The number of fused-ring (bicyclic) bond motifs is 3. The molecule has 1 aliphatic rings. The molecule has 0 atom stereocenters. The van der Waals surface area contributed by atoms with Gasteiger partial charge in [0, 0.05) is 27.7 Å². The lowest BCUT2D eigenvalue weighted by Crippen LogP contribution is -2.14. The van der Waals surface area contributed by atoms with E-state index >= 15 is 0 Å². The monoisotopic (exact) mass is 526 g/mol. The molecule has 6 aromatic rings. The lowest BCUT2D eigenvalue weighted by atomic mass is 9.82. The molecule has 4 heteroatoms. The molecule has 0 bridgehead atoms. The molecule has 41 heavy (non-hydrogen) atoms. The number of benzene rings is 5. The van der Waals surface area contributed by atoms with E-state index in [1.807, 2.05) is 72.8 Å². The van der Waals surface area contributed by atoms with Crippen LogP contribution in [0, 0.1) is 11.3 Å². The van der Waals surface area contributed by atoms with Crippen molar-refractivity contribution < 1.29 is 0 Å².